The van der Waals surface area contributed by atoms with Crippen LogP contribution in [0.4, 0.5) is 0 Å². The summed E-state index contributed by atoms with van der Waals surface area (Å²) < 4.78 is 0. The highest BCUT2D eigenvalue weighted by molar-refractivity contribution is 7.80. The Labute approximate surface area is 89.3 Å². The van der Waals surface area contributed by atoms with E-state index in [1.807, 2.05) is 0 Å². The topological polar surface area (TPSA) is 3.24 Å². The molecule has 0 aliphatic heterocycles. The molecule has 0 amide bonds. The fourth-order valence-corrected chi connectivity index (χ4v) is 1.59. The monoisotopic (exact) mass is 203 g/mol. The van der Waals surface area contributed by atoms with E-state index in [2.05, 4.69) is 38.3 Å². The van der Waals surface area contributed by atoms with Gasteiger partial charge >= 0.3 is 0 Å². The lowest BCUT2D eigenvalue weighted by Gasteiger charge is -2.28. The molecule has 0 fully saturated rings. The number of unbranched alkanes of at least 4 members (excludes halogenated alkanes) is 1. The molecule has 13 heavy (non-hydrogen) atoms. The molecule has 0 rings (SSSR count). The second-order valence-electron chi connectivity index (χ2n) is 3.72. The molecule has 0 heterocycles. The van der Waals surface area contributed by atoms with Crippen molar-refractivity contribution >= 4 is 12.6 Å². The molecule has 1 nitrogen and oxygen atoms in total. The zero-order valence-electron chi connectivity index (χ0n) is 9.42. The van der Waals surface area contributed by atoms with Gasteiger partial charge in [-0.3, -0.25) is 0 Å². The van der Waals surface area contributed by atoms with Gasteiger partial charge in [0.15, 0.2) is 0 Å². The van der Waals surface area contributed by atoms with Crippen molar-refractivity contribution in [2.45, 2.75) is 52.5 Å². The highest BCUT2D eigenvalue weighted by Crippen LogP contribution is 2.06. The van der Waals surface area contributed by atoms with Gasteiger partial charge in [-0.1, -0.05) is 20.3 Å². The van der Waals surface area contributed by atoms with Gasteiger partial charge in [0.05, 0.1) is 0 Å². The number of hydrogen-bond donors (Lipinski definition) is 1. The van der Waals surface area contributed by atoms with Crippen molar-refractivity contribution in [2.75, 3.05) is 18.8 Å². The second-order valence-corrected chi connectivity index (χ2v) is 4.17. The lowest BCUT2D eigenvalue weighted by Crippen LogP contribution is -2.34. The molecule has 2 heteroatoms. The van der Waals surface area contributed by atoms with E-state index in [1.165, 1.54) is 38.8 Å². The molecule has 1 atom stereocenters. The quantitative estimate of drug-likeness (QED) is 0.593. The van der Waals surface area contributed by atoms with E-state index in [0.29, 0.717) is 0 Å². The average Bonchev–Trinajstić information content (AvgIpc) is 2.17. The normalized spacial score (nSPS) is 13.6. The van der Waals surface area contributed by atoms with Crippen LogP contribution in [0.2, 0.25) is 0 Å². The van der Waals surface area contributed by atoms with Crippen molar-refractivity contribution in [1.82, 2.24) is 4.90 Å². The summed E-state index contributed by atoms with van der Waals surface area (Å²) in [5.41, 5.74) is 0. The summed E-state index contributed by atoms with van der Waals surface area (Å²) in [5.74, 6) is 1.01. The summed E-state index contributed by atoms with van der Waals surface area (Å²) in [5, 5.41) is 0. The van der Waals surface area contributed by atoms with Crippen molar-refractivity contribution in [3.63, 3.8) is 0 Å². The first-order valence-corrected chi connectivity index (χ1v) is 6.24. The summed E-state index contributed by atoms with van der Waals surface area (Å²) in [6.07, 6.45) is 5.11. The van der Waals surface area contributed by atoms with Crippen molar-refractivity contribution < 1.29 is 0 Å². The molecular weight excluding hydrogens is 178 g/mol. The van der Waals surface area contributed by atoms with E-state index in [1.54, 1.807) is 0 Å². The minimum absolute atomic E-state index is 0.742. The molecule has 0 aliphatic carbocycles. The van der Waals surface area contributed by atoms with Crippen LogP contribution in [0.25, 0.3) is 0 Å². The van der Waals surface area contributed by atoms with Crippen LogP contribution in [-0.2, 0) is 0 Å². The summed E-state index contributed by atoms with van der Waals surface area (Å²) in [7, 11) is 0. The Morgan fingerprint density at radius 1 is 1.15 bits per heavy atom. The van der Waals surface area contributed by atoms with Crippen molar-refractivity contribution in [1.29, 1.82) is 0 Å². The Bertz CT molecular complexity index is 98.3. The molecule has 80 valence electrons. The van der Waals surface area contributed by atoms with E-state index >= 15 is 0 Å². The van der Waals surface area contributed by atoms with Crippen LogP contribution in [0, 0.1) is 0 Å². The molecule has 0 aliphatic rings. The predicted molar refractivity (Wildman–Crippen MR) is 64.7 cm³/mol. The van der Waals surface area contributed by atoms with Crippen LogP contribution in [-0.4, -0.2) is 29.8 Å². The van der Waals surface area contributed by atoms with E-state index in [-0.39, 0.29) is 0 Å². The number of rotatable bonds is 8. The molecule has 0 radical (unpaired) electrons. The first-order chi connectivity index (χ1) is 6.26. The van der Waals surface area contributed by atoms with Gasteiger partial charge in [-0.05, 0) is 45.0 Å². The van der Waals surface area contributed by atoms with Gasteiger partial charge in [0.25, 0.3) is 0 Å². The maximum atomic E-state index is 4.26. The zero-order valence-corrected chi connectivity index (χ0v) is 10.3. The number of nitrogens with zero attached hydrogens (tertiary/aromatic N) is 1. The Balaban J connectivity index is 3.72. The van der Waals surface area contributed by atoms with Crippen LogP contribution in [0.5, 0.6) is 0 Å². The van der Waals surface area contributed by atoms with Crippen LogP contribution >= 0.6 is 12.6 Å². The molecule has 0 saturated heterocycles. The lowest BCUT2D eigenvalue weighted by molar-refractivity contribution is 0.202. The molecule has 0 aromatic heterocycles. The fraction of sp³-hybridized carbons (Fsp3) is 1.00. The second kappa shape index (κ2) is 8.89. The predicted octanol–water partition coefficient (Wildman–Crippen LogP) is 3.21. The molecule has 0 bridgehead atoms. The Morgan fingerprint density at radius 3 is 2.23 bits per heavy atom. The van der Waals surface area contributed by atoms with Crippen molar-refractivity contribution in [3.05, 3.63) is 0 Å². The molecule has 0 aromatic rings. The molecule has 0 spiro atoms. The summed E-state index contributed by atoms with van der Waals surface area (Å²) >= 11 is 4.26. The fourth-order valence-electron chi connectivity index (χ4n) is 1.45. The van der Waals surface area contributed by atoms with Crippen LogP contribution in [0.1, 0.15) is 46.5 Å². The third kappa shape index (κ3) is 6.39. The number of hydrogen-bond acceptors (Lipinski definition) is 2. The van der Waals surface area contributed by atoms with Gasteiger partial charge in [-0.25, -0.2) is 0 Å². The lowest BCUT2D eigenvalue weighted by atomic mass is 10.2. The van der Waals surface area contributed by atoms with Crippen LogP contribution in [0.15, 0.2) is 0 Å². The third-order valence-electron chi connectivity index (χ3n) is 2.62. The van der Waals surface area contributed by atoms with Gasteiger partial charge < -0.3 is 4.90 Å². The Hall–Kier alpha value is 0.310. The van der Waals surface area contributed by atoms with E-state index in [9.17, 15) is 0 Å². The highest BCUT2D eigenvalue weighted by Gasteiger charge is 2.09. The van der Waals surface area contributed by atoms with E-state index in [0.717, 1.165) is 11.8 Å². The van der Waals surface area contributed by atoms with Crippen molar-refractivity contribution in [2.24, 2.45) is 0 Å². The van der Waals surface area contributed by atoms with Crippen molar-refractivity contribution in [3.8, 4) is 0 Å². The van der Waals surface area contributed by atoms with Gasteiger partial charge in [0, 0.05) is 6.04 Å². The number of thiol groups is 1. The smallest absolute Gasteiger partial charge is 0.00643 e. The maximum absolute atomic E-state index is 4.26. The van der Waals surface area contributed by atoms with Gasteiger partial charge in [0.2, 0.25) is 0 Å². The minimum Gasteiger partial charge on any atom is -0.301 e. The molecule has 0 N–H and O–H groups in total. The first-order valence-electron chi connectivity index (χ1n) is 5.61. The van der Waals surface area contributed by atoms with Gasteiger partial charge in [0.1, 0.15) is 0 Å². The maximum Gasteiger partial charge on any atom is 0.00643 e. The van der Waals surface area contributed by atoms with Crippen LogP contribution in [0.3, 0.4) is 0 Å². The zero-order chi connectivity index (χ0) is 10.1. The Kier molecular flexibility index (Phi) is 9.10. The molecule has 1 unspecified atom stereocenters. The van der Waals surface area contributed by atoms with Gasteiger partial charge in [-0.2, -0.15) is 12.6 Å². The molecule has 0 aromatic carbocycles. The molecule has 0 saturated carbocycles. The average molecular weight is 203 g/mol. The van der Waals surface area contributed by atoms with E-state index < -0.39 is 0 Å². The highest BCUT2D eigenvalue weighted by atomic mass is 32.1. The van der Waals surface area contributed by atoms with E-state index in [4.69, 9.17) is 0 Å². The standard InChI is InChI=1S/C11H25NS/c1-4-6-8-12(9-7-10-13)11(3)5-2/h11,13H,4-10H2,1-3H3. The molecular formula is C11H25NS. The largest absolute Gasteiger partial charge is 0.301 e. The minimum atomic E-state index is 0.742. The summed E-state index contributed by atoms with van der Waals surface area (Å²) in [4.78, 5) is 2.60. The van der Waals surface area contributed by atoms with Gasteiger partial charge in [-0.15, -0.1) is 0 Å². The first kappa shape index (κ1) is 13.3. The third-order valence-corrected chi connectivity index (χ3v) is 2.93. The Morgan fingerprint density at radius 2 is 1.77 bits per heavy atom. The summed E-state index contributed by atoms with van der Waals surface area (Å²) in [6.45, 7) is 9.34. The summed E-state index contributed by atoms with van der Waals surface area (Å²) in [6, 6.07) is 0.742. The SMILES string of the molecule is CCCCN(CCCS)C(C)CC. The van der Waals surface area contributed by atoms with Crippen LogP contribution < -0.4 is 0 Å².